The molecule has 3 aromatic carbocycles. The van der Waals surface area contributed by atoms with Gasteiger partial charge >= 0.3 is 5.97 Å². The summed E-state index contributed by atoms with van der Waals surface area (Å²) in [4.78, 5) is 23.4. The normalized spacial score (nSPS) is 10.8. The van der Waals surface area contributed by atoms with Gasteiger partial charge in [-0.05, 0) is 58.5 Å². The minimum Gasteiger partial charge on any atom is -0.478 e. The van der Waals surface area contributed by atoms with Crippen molar-refractivity contribution >= 4 is 23.6 Å². The van der Waals surface area contributed by atoms with Gasteiger partial charge in [0.05, 0.1) is 6.61 Å². The van der Waals surface area contributed by atoms with Gasteiger partial charge in [-0.2, -0.15) is 0 Å². The highest BCUT2D eigenvalue weighted by Gasteiger charge is 2.09. The van der Waals surface area contributed by atoms with E-state index in [-0.39, 0.29) is 12.5 Å². The third-order valence-electron chi connectivity index (χ3n) is 4.66. The number of aliphatic hydroxyl groups is 1. The van der Waals surface area contributed by atoms with Crippen molar-refractivity contribution < 1.29 is 19.8 Å². The molecule has 152 valence electrons. The first kappa shape index (κ1) is 21.0. The molecule has 5 heteroatoms. The lowest BCUT2D eigenvalue weighted by Crippen LogP contribution is -2.13. The van der Waals surface area contributed by atoms with Crippen LogP contribution in [0.5, 0.6) is 0 Å². The summed E-state index contributed by atoms with van der Waals surface area (Å²) >= 11 is 0. The SMILES string of the molecule is O=C(O)/C=C/c1cc(-c2cccc(CO)c2)ccc1NC(=O)CCc1ccccc1. The molecule has 0 unspecified atom stereocenters. The predicted octanol–water partition coefficient (Wildman–Crippen LogP) is 4.52. The number of aliphatic hydroxyl groups excluding tert-OH is 1. The molecule has 0 heterocycles. The molecular formula is C25H23NO4. The Balaban J connectivity index is 1.82. The van der Waals surface area contributed by atoms with Gasteiger partial charge in [-0.15, -0.1) is 0 Å². The van der Waals surface area contributed by atoms with Gasteiger partial charge in [0.1, 0.15) is 0 Å². The number of hydrogen-bond acceptors (Lipinski definition) is 3. The van der Waals surface area contributed by atoms with Gasteiger partial charge in [-0.25, -0.2) is 4.79 Å². The largest absolute Gasteiger partial charge is 0.478 e. The van der Waals surface area contributed by atoms with E-state index in [9.17, 15) is 14.7 Å². The number of hydrogen-bond donors (Lipinski definition) is 3. The van der Waals surface area contributed by atoms with E-state index < -0.39 is 5.97 Å². The molecule has 0 aliphatic rings. The summed E-state index contributed by atoms with van der Waals surface area (Å²) in [5.74, 6) is -1.21. The minimum absolute atomic E-state index is 0.0603. The second-order valence-electron chi connectivity index (χ2n) is 6.87. The van der Waals surface area contributed by atoms with Crippen LogP contribution in [0.1, 0.15) is 23.1 Å². The van der Waals surface area contributed by atoms with Crippen molar-refractivity contribution in [2.24, 2.45) is 0 Å². The van der Waals surface area contributed by atoms with Gasteiger partial charge in [0.25, 0.3) is 0 Å². The number of carboxylic acids is 1. The number of benzene rings is 3. The van der Waals surface area contributed by atoms with E-state index in [4.69, 9.17) is 5.11 Å². The van der Waals surface area contributed by atoms with Gasteiger partial charge in [-0.3, -0.25) is 4.79 Å². The van der Waals surface area contributed by atoms with Crippen molar-refractivity contribution in [3.63, 3.8) is 0 Å². The van der Waals surface area contributed by atoms with Crippen molar-refractivity contribution in [3.8, 4) is 11.1 Å². The molecule has 1 amide bonds. The average molecular weight is 401 g/mol. The van der Waals surface area contributed by atoms with Crippen LogP contribution in [-0.2, 0) is 22.6 Å². The Morgan fingerprint density at radius 1 is 0.867 bits per heavy atom. The molecule has 5 nitrogen and oxygen atoms in total. The Morgan fingerprint density at radius 3 is 2.33 bits per heavy atom. The molecule has 0 aliphatic heterocycles. The summed E-state index contributed by atoms with van der Waals surface area (Å²) in [5, 5.41) is 21.3. The Morgan fingerprint density at radius 2 is 1.60 bits per heavy atom. The van der Waals surface area contributed by atoms with Crippen LogP contribution in [0.4, 0.5) is 5.69 Å². The number of amides is 1. The summed E-state index contributed by atoms with van der Waals surface area (Å²) in [6.45, 7) is -0.0603. The maximum Gasteiger partial charge on any atom is 0.328 e. The smallest absolute Gasteiger partial charge is 0.328 e. The number of aryl methyl sites for hydroxylation is 1. The van der Waals surface area contributed by atoms with Crippen molar-refractivity contribution in [2.75, 3.05) is 5.32 Å². The maximum atomic E-state index is 12.4. The molecule has 0 bridgehead atoms. The van der Waals surface area contributed by atoms with E-state index in [0.29, 0.717) is 24.1 Å². The molecule has 0 saturated heterocycles. The van der Waals surface area contributed by atoms with E-state index in [1.165, 1.54) is 6.08 Å². The molecule has 0 radical (unpaired) electrons. The first-order chi connectivity index (χ1) is 14.5. The van der Waals surface area contributed by atoms with Crippen LogP contribution >= 0.6 is 0 Å². The molecular weight excluding hydrogens is 378 g/mol. The zero-order valence-electron chi connectivity index (χ0n) is 16.4. The molecule has 3 N–H and O–H groups in total. The topological polar surface area (TPSA) is 86.6 Å². The summed E-state index contributed by atoms with van der Waals surface area (Å²) in [5.41, 5.74) is 4.77. The van der Waals surface area contributed by atoms with E-state index in [1.807, 2.05) is 66.7 Å². The maximum absolute atomic E-state index is 12.4. The molecule has 3 aromatic rings. The molecule has 0 spiro atoms. The van der Waals surface area contributed by atoms with Crippen LogP contribution in [0.15, 0.2) is 78.9 Å². The van der Waals surface area contributed by atoms with Crippen molar-refractivity contribution in [1.82, 2.24) is 0 Å². The third kappa shape index (κ3) is 5.90. The summed E-state index contributed by atoms with van der Waals surface area (Å²) in [6, 6.07) is 22.7. The number of carbonyl (C=O) groups is 2. The standard InChI is InChI=1S/C25H23NO4/c27-17-19-7-4-8-20(15-19)21-10-12-23(22(16-21)11-14-25(29)30)26-24(28)13-9-18-5-2-1-3-6-18/h1-8,10-12,14-16,27H,9,13,17H2,(H,26,28)(H,29,30)/b14-11+. The Kier molecular flexibility index (Phi) is 7.14. The van der Waals surface area contributed by atoms with Crippen LogP contribution in [0.3, 0.4) is 0 Å². The van der Waals surface area contributed by atoms with Gasteiger partial charge in [0.15, 0.2) is 0 Å². The molecule has 30 heavy (non-hydrogen) atoms. The first-order valence-corrected chi connectivity index (χ1v) is 9.64. The Labute approximate surface area is 175 Å². The van der Waals surface area contributed by atoms with Crippen LogP contribution in [0.25, 0.3) is 17.2 Å². The van der Waals surface area contributed by atoms with Gasteiger partial charge < -0.3 is 15.5 Å². The highest BCUT2D eigenvalue weighted by Crippen LogP contribution is 2.27. The molecule has 0 atom stereocenters. The molecule has 0 aromatic heterocycles. The highest BCUT2D eigenvalue weighted by molar-refractivity contribution is 5.95. The highest BCUT2D eigenvalue weighted by atomic mass is 16.4. The van der Waals surface area contributed by atoms with Crippen molar-refractivity contribution in [3.05, 3.63) is 95.6 Å². The number of nitrogens with one attached hydrogen (secondary N) is 1. The predicted molar refractivity (Wildman–Crippen MR) is 118 cm³/mol. The molecule has 3 rings (SSSR count). The van der Waals surface area contributed by atoms with Crippen molar-refractivity contribution in [2.45, 2.75) is 19.4 Å². The first-order valence-electron chi connectivity index (χ1n) is 9.64. The number of anilines is 1. The number of carbonyl (C=O) groups excluding carboxylic acids is 1. The lowest BCUT2D eigenvalue weighted by atomic mass is 9.99. The Bertz CT molecular complexity index is 1060. The number of aliphatic carboxylic acids is 1. The summed E-state index contributed by atoms with van der Waals surface area (Å²) in [6.07, 6.45) is 3.46. The van der Waals surface area contributed by atoms with Gasteiger partial charge in [0.2, 0.25) is 5.91 Å². The van der Waals surface area contributed by atoms with Crippen LogP contribution in [-0.4, -0.2) is 22.1 Å². The fraction of sp³-hybridized carbons (Fsp3) is 0.120. The van der Waals surface area contributed by atoms with E-state index in [2.05, 4.69) is 5.32 Å². The van der Waals surface area contributed by atoms with E-state index in [1.54, 1.807) is 6.07 Å². The van der Waals surface area contributed by atoms with Crippen LogP contribution in [0.2, 0.25) is 0 Å². The zero-order chi connectivity index (χ0) is 21.3. The fourth-order valence-electron chi connectivity index (χ4n) is 3.12. The molecule has 0 aliphatic carbocycles. The quantitative estimate of drug-likeness (QED) is 0.485. The van der Waals surface area contributed by atoms with Crippen molar-refractivity contribution in [1.29, 1.82) is 0 Å². The average Bonchev–Trinajstić information content (AvgIpc) is 2.77. The van der Waals surface area contributed by atoms with Gasteiger partial charge in [-0.1, -0.05) is 54.6 Å². The molecule has 0 fully saturated rings. The number of carboxylic acid groups (broad SMARTS) is 1. The summed E-state index contributed by atoms with van der Waals surface area (Å²) in [7, 11) is 0. The third-order valence-corrected chi connectivity index (χ3v) is 4.66. The molecule has 0 saturated carbocycles. The second-order valence-corrected chi connectivity index (χ2v) is 6.87. The second kappa shape index (κ2) is 10.2. The monoisotopic (exact) mass is 401 g/mol. The summed E-state index contributed by atoms with van der Waals surface area (Å²) < 4.78 is 0. The number of rotatable bonds is 8. The minimum atomic E-state index is -1.07. The van der Waals surface area contributed by atoms with E-state index >= 15 is 0 Å². The van der Waals surface area contributed by atoms with Crippen LogP contribution < -0.4 is 5.32 Å². The zero-order valence-corrected chi connectivity index (χ0v) is 16.4. The lowest BCUT2D eigenvalue weighted by Gasteiger charge is -2.12. The lowest BCUT2D eigenvalue weighted by molar-refractivity contribution is -0.131. The fourth-order valence-corrected chi connectivity index (χ4v) is 3.12. The van der Waals surface area contributed by atoms with Gasteiger partial charge in [0, 0.05) is 18.2 Å². The van der Waals surface area contributed by atoms with Crippen LogP contribution in [0, 0.1) is 0 Å². The van der Waals surface area contributed by atoms with E-state index in [0.717, 1.165) is 28.3 Å². The Hall–Kier alpha value is -3.70.